The van der Waals surface area contributed by atoms with E-state index in [1.807, 2.05) is 0 Å². The number of nitrogens with zero attached hydrogens (tertiary/aromatic N) is 2. The van der Waals surface area contributed by atoms with Gasteiger partial charge in [-0.15, -0.1) is 0 Å². The molecule has 12 heteroatoms. The van der Waals surface area contributed by atoms with Crippen LogP contribution in [-0.2, 0) is 26.6 Å². The van der Waals surface area contributed by atoms with Crippen LogP contribution in [0.25, 0.3) is 0 Å². The van der Waals surface area contributed by atoms with E-state index in [4.69, 9.17) is 5.14 Å². The first-order valence-electron chi connectivity index (χ1n) is 8.95. The molecular formula is C18H21F2N3O5S2. The molecule has 30 heavy (non-hydrogen) atoms. The maximum atomic E-state index is 12.8. The number of rotatable bonds is 7. The highest BCUT2D eigenvalue weighted by atomic mass is 32.2. The summed E-state index contributed by atoms with van der Waals surface area (Å²) in [6, 6.07) is 11.1. The Morgan fingerprint density at radius 2 is 1.40 bits per heavy atom. The summed E-state index contributed by atoms with van der Waals surface area (Å²) in [5.74, 6) is 0.0816. The zero-order chi connectivity index (χ0) is 21.9. The van der Waals surface area contributed by atoms with Crippen molar-refractivity contribution in [3.8, 4) is 5.75 Å². The Balaban J connectivity index is 1.59. The third-order valence-corrected chi connectivity index (χ3v) is 7.52. The molecule has 2 aromatic rings. The second kappa shape index (κ2) is 8.94. The minimum atomic E-state index is -3.90. The second-order valence-electron chi connectivity index (χ2n) is 6.72. The Labute approximate surface area is 173 Å². The molecule has 164 valence electrons. The van der Waals surface area contributed by atoms with E-state index in [9.17, 15) is 25.6 Å². The van der Waals surface area contributed by atoms with Crippen LogP contribution < -0.4 is 9.88 Å². The van der Waals surface area contributed by atoms with E-state index in [0.29, 0.717) is 19.6 Å². The molecule has 0 spiro atoms. The Bertz CT molecular complexity index is 1070. The maximum absolute atomic E-state index is 12.8. The van der Waals surface area contributed by atoms with Crippen LogP contribution in [0.4, 0.5) is 8.78 Å². The summed E-state index contributed by atoms with van der Waals surface area (Å²) < 4.78 is 78.3. The lowest BCUT2D eigenvalue weighted by Crippen LogP contribution is -2.48. The first-order chi connectivity index (χ1) is 14.1. The monoisotopic (exact) mass is 461 g/mol. The maximum Gasteiger partial charge on any atom is 0.387 e. The topological polar surface area (TPSA) is 110 Å². The van der Waals surface area contributed by atoms with Crippen molar-refractivity contribution >= 4 is 20.0 Å². The van der Waals surface area contributed by atoms with Crippen molar-refractivity contribution in [3.05, 3.63) is 54.1 Å². The van der Waals surface area contributed by atoms with Gasteiger partial charge in [-0.05, 0) is 42.0 Å². The minimum absolute atomic E-state index is 0.00188. The molecule has 0 aliphatic carbocycles. The molecule has 2 aromatic carbocycles. The van der Waals surface area contributed by atoms with Crippen LogP contribution in [0.5, 0.6) is 5.75 Å². The van der Waals surface area contributed by atoms with Crippen LogP contribution in [0.15, 0.2) is 58.3 Å². The van der Waals surface area contributed by atoms with E-state index in [0.717, 1.165) is 5.56 Å². The van der Waals surface area contributed by atoms with Crippen molar-refractivity contribution in [2.45, 2.75) is 22.9 Å². The first-order valence-corrected chi connectivity index (χ1v) is 11.9. The zero-order valence-electron chi connectivity index (χ0n) is 15.8. The Kier molecular flexibility index (Phi) is 6.72. The molecule has 1 aliphatic heterocycles. The Morgan fingerprint density at radius 1 is 0.867 bits per heavy atom. The third-order valence-electron chi connectivity index (χ3n) is 4.68. The number of alkyl halides is 2. The van der Waals surface area contributed by atoms with Gasteiger partial charge in [0.1, 0.15) is 5.75 Å². The number of hydrogen-bond donors (Lipinski definition) is 1. The van der Waals surface area contributed by atoms with Gasteiger partial charge >= 0.3 is 6.61 Å². The third kappa shape index (κ3) is 5.52. The van der Waals surface area contributed by atoms with Crippen LogP contribution >= 0.6 is 0 Å². The molecule has 1 saturated heterocycles. The van der Waals surface area contributed by atoms with Gasteiger partial charge in [0.2, 0.25) is 20.0 Å². The largest absolute Gasteiger partial charge is 0.435 e. The van der Waals surface area contributed by atoms with Crippen LogP contribution in [0.1, 0.15) is 5.56 Å². The van der Waals surface area contributed by atoms with Gasteiger partial charge in [0.15, 0.2) is 0 Å². The number of ether oxygens (including phenoxy) is 1. The molecule has 3 rings (SSSR count). The molecule has 0 radical (unpaired) electrons. The molecule has 0 amide bonds. The summed E-state index contributed by atoms with van der Waals surface area (Å²) in [5.41, 5.74) is 0.895. The van der Waals surface area contributed by atoms with Crippen LogP contribution in [-0.4, -0.2) is 58.8 Å². The van der Waals surface area contributed by atoms with Crippen LogP contribution in [0, 0.1) is 0 Å². The molecule has 2 N–H and O–H groups in total. The highest BCUT2D eigenvalue weighted by Crippen LogP contribution is 2.21. The lowest BCUT2D eigenvalue weighted by Gasteiger charge is -2.34. The fourth-order valence-corrected chi connectivity index (χ4v) is 5.05. The summed E-state index contributed by atoms with van der Waals surface area (Å²) in [4.78, 5) is 1.90. The SMILES string of the molecule is NS(=O)(=O)c1ccc(S(=O)(=O)N2CCN(Cc3ccc(OC(F)F)cc3)CC2)cc1. The van der Waals surface area contributed by atoms with Crippen LogP contribution in [0.2, 0.25) is 0 Å². The lowest BCUT2D eigenvalue weighted by molar-refractivity contribution is -0.0498. The summed E-state index contributed by atoms with van der Waals surface area (Å²) >= 11 is 0. The van der Waals surface area contributed by atoms with Gasteiger partial charge in [0.25, 0.3) is 0 Å². The zero-order valence-corrected chi connectivity index (χ0v) is 17.5. The smallest absolute Gasteiger partial charge is 0.387 e. The van der Waals surface area contributed by atoms with E-state index in [-0.39, 0.29) is 28.6 Å². The van der Waals surface area contributed by atoms with Crippen molar-refractivity contribution in [3.63, 3.8) is 0 Å². The average Bonchev–Trinajstić information content (AvgIpc) is 2.69. The fourth-order valence-electron chi connectivity index (χ4n) is 3.11. The molecule has 0 bridgehead atoms. The Morgan fingerprint density at radius 3 is 1.90 bits per heavy atom. The summed E-state index contributed by atoms with van der Waals surface area (Å²) in [6.07, 6.45) is 0. The fraction of sp³-hybridized carbons (Fsp3) is 0.333. The highest BCUT2D eigenvalue weighted by molar-refractivity contribution is 7.89. The number of sulfonamides is 2. The average molecular weight is 462 g/mol. The Hall–Kier alpha value is -2.12. The molecule has 0 aromatic heterocycles. The van der Waals surface area contributed by atoms with Crippen molar-refractivity contribution in [2.75, 3.05) is 26.2 Å². The van der Waals surface area contributed by atoms with Gasteiger partial charge in [-0.25, -0.2) is 22.0 Å². The molecule has 1 fully saturated rings. The quantitative estimate of drug-likeness (QED) is 0.668. The van der Waals surface area contributed by atoms with Crippen molar-refractivity contribution in [2.24, 2.45) is 5.14 Å². The number of benzene rings is 2. The van der Waals surface area contributed by atoms with Gasteiger partial charge in [-0.1, -0.05) is 12.1 Å². The van der Waals surface area contributed by atoms with Crippen molar-refractivity contribution in [1.82, 2.24) is 9.21 Å². The number of primary sulfonamides is 1. The molecule has 8 nitrogen and oxygen atoms in total. The van der Waals surface area contributed by atoms with Crippen molar-refractivity contribution in [1.29, 1.82) is 0 Å². The molecule has 1 aliphatic rings. The standard InChI is InChI=1S/C18H21F2N3O5S2/c19-18(20)28-15-3-1-14(2-4-15)13-22-9-11-23(12-10-22)30(26,27)17-7-5-16(6-8-17)29(21,24)25/h1-8,18H,9-13H2,(H2,21,24,25). The van der Waals surface area contributed by atoms with Gasteiger partial charge in [0, 0.05) is 32.7 Å². The predicted molar refractivity (Wildman–Crippen MR) is 105 cm³/mol. The van der Waals surface area contributed by atoms with E-state index in [1.165, 1.54) is 40.7 Å². The minimum Gasteiger partial charge on any atom is -0.435 e. The van der Waals surface area contributed by atoms with E-state index < -0.39 is 26.7 Å². The van der Waals surface area contributed by atoms with Gasteiger partial charge in [-0.2, -0.15) is 13.1 Å². The molecule has 0 unspecified atom stereocenters. The van der Waals surface area contributed by atoms with Gasteiger partial charge < -0.3 is 4.74 Å². The highest BCUT2D eigenvalue weighted by Gasteiger charge is 2.28. The molecule has 1 heterocycles. The summed E-state index contributed by atoms with van der Waals surface area (Å²) in [5, 5.41) is 5.03. The van der Waals surface area contributed by atoms with Crippen LogP contribution in [0.3, 0.4) is 0 Å². The lowest BCUT2D eigenvalue weighted by atomic mass is 10.2. The molecule has 0 saturated carbocycles. The van der Waals surface area contributed by atoms with E-state index in [2.05, 4.69) is 9.64 Å². The number of halogens is 2. The van der Waals surface area contributed by atoms with E-state index >= 15 is 0 Å². The summed E-state index contributed by atoms with van der Waals surface area (Å²) in [6.45, 7) is -0.807. The van der Waals surface area contributed by atoms with Gasteiger partial charge in [-0.3, -0.25) is 4.90 Å². The molecule has 0 atom stereocenters. The van der Waals surface area contributed by atoms with Crippen molar-refractivity contribution < 1.29 is 30.4 Å². The van der Waals surface area contributed by atoms with E-state index in [1.54, 1.807) is 12.1 Å². The number of nitrogens with two attached hydrogens (primary N) is 1. The normalized spacial score (nSPS) is 16.7. The number of piperazine rings is 1. The number of hydrogen-bond acceptors (Lipinski definition) is 6. The predicted octanol–water partition coefficient (Wildman–Crippen LogP) is 1.44. The second-order valence-corrected chi connectivity index (χ2v) is 10.2. The molecular weight excluding hydrogens is 440 g/mol. The first kappa shape index (κ1) is 22.6. The van der Waals surface area contributed by atoms with Gasteiger partial charge in [0.05, 0.1) is 9.79 Å². The summed E-state index contributed by atoms with van der Waals surface area (Å²) in [7, 11) is -7.65.